The van der Waals surface area contributed by atoms with Crippen LogP contribution in [0.1, 0.15) is 5.82 Å². The number of H-pyrrole nitrogens is 1. The summed E-state index contributed by atoms with van der Waals surface area (Å²) in [5.41, 5.74) is 0.484. The molecule has 0 unspecified atom stereocenters. The van der Waals surface area contributed by atoms with E-state index in [1.807, 2.05) is 19.2 Å². The molecule has 0 saturated carbocycles. The minimum absolute atomic E-state index is 0.152. The molecule has 2 heterocycles. The fourth-order valence-corrected chi connectivity index (χ4v) is 1.09. The first kappa shape index (κ1) is 6.15. The van der Waals surface area contributed by atoms with E-state index in [1.54, 1.807) is 10.5 Å². The predicted octanol–water partition coefficient (Wildman–Crippen LogP) is 0.331. The Kier molecular flexibility index (Phi) is 1.09. The van der Waals surface area contributed by atoms with Crippen molar-refractivity contribution < 1.29 is 0 Å². The van der Waals surface area contributed by atoms with Crippen LogP contribution in [-0.2, 0) is 0 Å². The summed E-state index contributed by atoms with van der Waals surface area (Å²) in [5.74, 6) is 0.782. The second kappa shape index (κ2) is 1.95. The highest BCUT2D eigenvalue weighted by Gasteiger charge is 1.98. The van der Waals surface area contributed by atoms with E-state index < -0.39 is 0 Å². The zero-order valence-electron chi connectivity index (χ0n) is 6.03. The number of hydrogen-bond acceptors (Lipinski definition) is 2. The number of rotatable bonds is 0. The van der Waals surface area contributed by atoms with Crippen LogP contribution < -0.4 is 5.56 Å². The van der Waals surface area contributed by atoms with Gasteiger partial charge >= 0.3 is 0 Å². The van der Waals surface area contributed by atoms with Crippen molar-refractivity contribution in [1.29, 1.82) is 0 Å². The average Bonchev–Trinajstić information content (AvgIpc) is 2.45. The average molecular weight is 149 g/mol. The first-order valence-corrected chi connectivity index (χ1v) is 3.31. The third-order valence-corrected chi connectivity index (χ3v) is 1.65. The molecule has 2 aromatic rings. The van der Waals surface area contributed by atoms with Gasteiger partial charge < -0.3 is 0 Å². The molecule has 1 N–H and O–H groups in total. The van der Waals surface area contributed by atoms with E-state index in [1.165, 1.54) is 0 Å². The zero-order valence-corrected chi connectivity index (χ0v) is 6.03. The summed E-state index contributed by atoms with van der Waals surface area (Å²) in [6, 6.07) is 3.58. The minimum atomic E-state index is -0.152. The Morgan fingerprint density at radius 1 is 1.64 bits per heavy atom. The van der Waals surface area contributed by atoms with Crippen LogP contribution in [0.15, 0.2) is 23.1 Å². The quantitative estimate of drug-likeness (QED) is 0.586. The Balaban J connectivity index is 3.08. The van der Waals surface area contributed by atoms with Crippen LogP contribution >= 0.6 is 0 Å². The van der Waals surface area contributed by atoms with Crippen molar-refractivity contribution in [3.05, 3.63) is 34.5 Å². The lowest BCUT2D eigenvalue weighted by atomic mass is 10.5. The Hall–Kier alpha value is -1.58. The van der Waals surface area contributed by atoms with Gasteiger partial charge in [-0.15, -0.1) is 0 Å². The first-order chi connectivity index (χ1) is 5.29. The maximum Gasteiger partial charge on any atom is 0.288 e. The van der Waals surface area contributed by atoms with Gasteiger partial charge in [0.2, 0.25) is 0 Å². The van der Waals surface area contributed by atoms with Crippen molar-refractivity contribution in [2.24, 2.45) is 0 Å². The van der Waals surface area contributed by atoms with Crippen molar-refractivity contribution in [3.63, 3.8) is 0 Å². The molecule has 0 atom stereocenters. The Morgan fingerprint density at radius 3 is 3.18 bits per heavy atom. The number of hydrogen-bond donors (Lipinski definition) is 1. The molecule has 0 spiro atoms. The van der Waals surface area contributed by atoms with Crippen molar-refractivity contribution in [2.75, 3.05) is 0 Å². The van der Waals surface area contributed by atoms with Gasteiger partial charge in [-0.2, -0.15) is 5.10 Å². The lowest BCUT2D eigenvalue weighted by Crippen LogP contribution is -2.12. The Labute approximate surface area is 62.5 Å². The molecule has 56 valence electrons. The van der Waals surface area contributed by atoms with Gasteiger partial charge in [-0.1, -0.05) is 0 Å². The van der Waals surface area contributed by atoms with E-state index in [0.29, 0.717) is 5.52 Å². The van der Waals surface area contributed by atoms with Gasteiger partial charge in [-0.25, -0.2) is 5.10 Å². The normalized spacial score (nSPS) is 10.6. The third-order valence-electron chi connectivity index (χ3n) is 1.65. The molecule has 0 amide bonds. The standard InChI is InChI=1S/C7H7N3O/c1-5-8-9-7(11)6-3-2-4-10(5)6/h2-4H,1H3,(H,9,11). The first-order valence-electron chi connectivity index (χ1n) is 3.31. The molecule has 0 bridgehead atoms. The molecule has 0 aliphatic rings. The van der Waals surface area contributed by atoms with Crippen molar-refractivity contribution in [1.82, 2.24) is 14.6 Å². The van der Waals surface area contributed by atoms with Gasteiger partial charge in [0.25, 0.3) is 5.56 Å². The smallest absolute Gasteiger partial charge is 0.288 e. The number of aromatic nitrogens is 3. The van der Waals surface area contributed by atoms with E-state index >= 15 is 0 Å². The molecule has 0 fully saturated rings. The number of fused-ring (bicyclic) bond motifs is 1. The fourth-order valence-electron chi connectivity index (χ4n) is 1.09. The van der Waals surface area contributed by atoms with E-state index in [4.69, 9.17) is 0 Å². The summed E-state index contributed by atoms with van der Waals surface area (Å²) in [6.07, 6.45) is 1.81. The number of aryl methyl sites for hydroxylation is 1. The number of nitrogens with one attached hydrogen (secondary N) is 1. The Bertz CT molecular complexity index is 440. The second-order valence-electron chi connectivity index (χ2n) is 2.36. The van der Waals surface area contributed by atoms with E-state index in [2.05, 4.69) is 10.2 Å². The van der Waals surface area contributed by atoms with E-state index in [9.17, 15) is 4.79 Å². The topological polar surface area (TPSA) is 50.2 Å². The molecule has 4 heteroatoms. The monoisotopic (exact) mass is 149 g/mol. The van der Waals surface area contributed by atoms with Gasteiger partial charge in [0.15, 0.2) is 0 Å². The lowest BCUT2D eigenvalue weighted by molar-refractivity contribution is 0.861. The Morgan fingerprint density at radius 2 is 2.45 bits per heavy atom. The summed E-state index contributed by atoms with van der Waals surface area (Å²) in [4.78, 5) is 11.1. The van der Waals surface area contributed by atoms with E-state index in [-0.39, 0.29) is 5.56 Å². The van der Waals surface area contributed by atoms with Crippen LogP contribution in [0, 0.1) is 6.92 Å². The van der Waals surface area contributed by atoms with Crippen molar-refractivity contribution in [2.45, 2.75) is 6.92 Å². The van der Waals surface area contributed by atoms with Crippen LogP contribution in [0.4, 0.5) is 0 Å². The molecule has 0 aromatic carbocycles. The molecule has 0 radical (unpaired) electrons. The highest BCUT2D eigenvalue weighted by Crippen LogP contribution is 1.97. The highest BCUT2D eigenvalue weighted by molar-refractivity contribution is 5.44. The minimum Gasteiger partial charge on any atom is -0.299 e. The molecule has 2 rings (SSSR count). The largest absolute Gasteiger partial charge is 0.299 e. The second-order valence-corrected chi connectivity index (χ2v) is 2.36. The van der Waals surface area contributed by atoms with Crippen LogP contribution in [0.5, 0.6) is 0 Å². The molecule has 0 aliphatic heterocycles. The van der Waals surface area contributed by atoms with Crippen LogP contribution in [0.3, 0.4) is 0 Å². The van der Waals surface area contributed by atoms with Crippen LogP contribution in [0.25, 0.3) is 5.52 Å². The summed E-state index contributed by atoms with van der Waals surface area (Å²) < 4.78 is 1.75. The maximum absolute atomic E-state index is 11.1. The fraction of sp³-hybridized carbons (Fsp3) is 0.143. The molecule has 2 aromatic heterocycles. The highest BCUT2D eigenvalue weighted by atomic mass is 16.1. The summed E-state index contributed by atoms with van der Waals surface area (Å²) >= 11 is 0. The van der Waals surface area contributed by atoms with Gasteiger partial charge in [0, 0.05) is 6.20 Å². The van der Waals surface area contributed by atoms with Crippen molar-refractivity contribution in [3.8, 4) is 0 Å². The number of nitrogens with zero attached hydrogens (tertiary/aromatic N) is 2. The van der Waals surface area contributed by atoms with Crippen molar-refractivity contribution >= 4 is 5.52 Å². The molecular weight excluding hydrogens is 142 g/mol. The molecular formula is C7H7N3O. The van der Waals surface area contributed by atoms with Gasteiger partial charge in [-0.05, 0) is 19.1 Å². The summed E-state index contributed by atoms with van der Waals surface area (Å²) in [5, 5.41) is 6.21. The molecule has 4 nitrogen and oxygen atoms in total. The lowest BCUT2D eigenvalue weighted by Gasteiger charge is -1.95. The summed E-state index contributed by atoms with van der Waals surface area (Å²) in [7, 11) is 0. The van der Waals surface area contributed by atoms with Gasteiger partial charge in [0.05, 0.1) is 0 Å². The molecule has 0 aliphatic carbocycles. The number of aromatic amines is 1. The SMILES string of the molecule is Cc1n[nH]c(=O)c2cccn12. The molecule has 0 saturated heterocycles. The van der Waals surface area contributed by atoms with Crippen LogP contribution in [0.2, 0.25) is 0 Å². The zero-order chi connectivity index (χ0) is 7.84. The van der Waals surface area contributed by atoms with Gasteiger partial charge in [0.1, 0.15) is 11.3 Å². The maximum atomic E-state index is 11.1. The van der Waals surface area contributed by atoms with Crippen LogP contribution in [-0.4, -0.2) is 14.6 Å². The summed E-state index contributed by atoms with van der Waals surface area (Å²) in [6.45, 7) is 1.84. The van der Waals surface area contributed by atoms with Gasteiger partial charge in [-0.3, -0.25) is 9.20 Å². The van der Waals surface area contributed by atoms with E-state index in [0.717, 1.165) is 5.82 Å². The predicted molar refractivity (Wildman–Crippen MR) is 40.5 cm³/mol. The molecule has 11 heavy (non-hydrogen) atoms. The third kappa shape index (κ3) is 0.756.